The molecule has 22 heavy (non-hydrogen) atoms. The van der Waals surface area contributed by atoms with E-state index in [1.165, 1.54) is 4.88 Å². The Morgan fingerprint density at radius 2 is 2.18 bits per heavy atom. The molecule has 0 amide bonds. The van der Waals surface area contributed by atoms with Crippen LogP contribution in [0, 0.1) is 13.8 Å². The molecule has 2 aromatic heterocycles. The van der Waals surface area contributed by atoms with Gasteiger partial charge < -0.3 is 14.7 Å². The number of aliphatic carboxylic acids is 1. The second-order valence-corrected chi connectivity index (χ2v) is 7.45. The Kier molecular flexibility index (Phi) is 3.57. The molecule has 0 aromatic carbocycles. The third-order valence-electron chi connectivity index (χ3n) is 3.94. The first-order valence-corrected chi connectivity index (χ1v) is 7.96. The van der Waals surface area contributed by atoms with Crippen LogP contribution in [0.2, 0.25) is 0 Å². The Morgan fingerprint density at radius 1 is 1.45 bits per heavy atom. The number of aromatic nitrogens is 2. The highest BCUT2D eigenvalue weighted by Crippen LogP contribution is 2.36. The molecule has 3 heterocycles. The number of hydrogen-bond acceptors (Lipinski definition) is 6. The van der Waals surface area contributed by atoms with E-state index < -0.39 is 17.7 Å². The van der Waals surface area contributed by atoms with Crippen molar-refractivity contribution in [3.8, 4) is 0 Å². The van der Waals surface area contributed by atoms with Crippen LogP contribution in [0.5, 0.6) is 0 Å². The van der Waals surface area contributed by atoms with E-state index in [0.29, 0.717) is 13.1 Å². The standard InChI is InChI=1S/C15H19N3O3S/c1-8-9(2)22-13-11(8)12(16-7-17-13)18-5-10(14(19)20)21-15(3,4)6-18/h7,10H,5-6H2,1-4H3,(H,19,20). The minimum Gasteiger partial charge on any atom is -0.479 e. The molecule has 1 N–H and O–H groups in total. The number of carboxylic acid groups (broad SMARTS) is 1. The van der Waals surface area contributed by atoms with Gasteiger partial charge in [-0.2, -0.15) is 0 Å². The van der Waals surface area contributed by atoms with Crippen LogP contribution in [-0.2, 0) is 9.53 Å². The highest BCUT2D eigenvalue weighted by Gasteiger charge is 2.38. The lowest BCUT2D eigenvalue weighted by atomic mass is 10.0. The Labute approximate surface area is 132 Å². The van der Waals surface area contributed by atoms with E-state index in [0.717, 1.165) is 21.6 Å². The van der Waals surface area contributed by atoms with Crippen molar-refractivity contribution in [3.05, 3.63) is 16.8 Å². The van der Waals surface area contributed by atoms with Gasteiger partial charge in [-0.25, -0.2) is 14.8 Å². The summed E-state index contributed by atoms with van der Waals surface area (Å²) in [6, 6.07) is 0. The first kappa shape index (κ1) is 15.2. The second kappa shape index (κ2) is 5.17. The van der Waals surface area contributed by atoms with Crippen molar-refractivity contribution >= 4 is 33.3 Å². The van der Waals surface area contributed by atoms with Gasteiger partial charge in [-0.3, -0.25) is 0 Å². The summed E-state index contributed by atoms with van der Waals surface area (Å²) >= 11 is 1.64. The molecule has 6 nitrogen and oxygen atoms in total. The summed E-state index contributed by atoms with van der Waals surface area (Å²) in [6.45, 7) is 8.81. The van der Waals surface area contributed by atoms with E-state index in [1.54, 1.807) is 17.7 Å². The summed E-state index contributed by atoms with van der Waals surface area (Å²) < 4.78 is 5.65. The van der Waals surface area contributed by atoms with Crippen LogP contribution in [-0.4, -0.2) is 45.8 Å². The molecule has 1 fully saturated rings. The molecule has 3 rings (SSSR count). The van der Waals surface area contributed by atoms with Crippen LogP contribution in [0.1, 0.15) is 24.3 Å². The van der Waals surface area contributed by atoms with Crippen molar-refractivity contribution < 1.29 is 14.6 Å². The summed E-state index contributed by atoms with van der Waals surface area (Å²) in [7, 11) is 0. The van der Waals surface area contributed by atoms with Gasteiger partial charge in [-0.05, 0) is 33.3 Å². The van der Waals surface area contributed by atoms with Crippen LogP contribution >= 0.6 is 11.3 Å². The summed E-state index contributed by atoms with van der Waals surface area (Å²) in [5, 5.41) is 10.3. The SMILES string of the molecule is Cc1sc2ncnc(N3CC(C(=O)O)OC(C)(C)C3)c2c1C. The topological polar surface area (TPSA) is 75.6 Å². The maximum Gasteiger partial charge on any atom is 0.334 e. The van der Waals surface area contributed by atoms with E-state index in [1.807, 2.05) is 18.7 Å². The molecule has 0 radical (unpaired) electrons. The molecule has 0 bridgehead atoms. The highest BCUT2D eigenvalue weighted by molar-refractivity contribution is 7.18. The number of ether oxygens (including phenoxy) is 1. The maximum absolute atomic E-state index is 11.4. The van der Waals surface area contributed by atoms with Gasteiger partial charge in [0.1, 0.15) is 17.0 Å². The lowest BCUT2D eigenvalue weighted by molar-refractivity contribution is -0.163. The zero-order valence-electron chi connectivity index (χ0n) is 13.1. The van der Waals surface area contributed by atoms with Gasteiger partial charge in [0.15, 0.2) is 6.10 Å². The molecule has 0 saturated carbocycles. The summed E-state index contributed by atoms with van der Waals surface area (Å²) in [6.07, 6.45) is 0.694. The third kappa shape index (κ3) is 2.55. The molecule has 2 aromatic rings. The molecule has 1 aliphatic rings. The third-order valence-corrected chi connectivity index (χ3v) is 5.05. The Balaban J connectivity index is 2.08. The number of anilines is 1. The molecule has 1 unspecified atom stereocenters. The van der Waals surface area contributed by atoms with Crippen molar-refractivity contribution in [3.63, 3.8) is 0 Å². The van der Waals surface area contributed by atoms with E-state index in [-0.39, 0.29) is 0 Å². The zero-order chi connectivity index (χ0) is 16.1. The van der Waals surface area contributed by atoms with Gasteiger partial charge in [0.2, 0.25) is 0 Å². The summed E-state index contributed by atoms with van der Waals surface area (Å²) in [5.74, 6) is -0.143. The van der Waals surface area contributed by atoms with Crippen molar-refractivity contribution in [2.45, 2.75) is 39.4 Å². The average molecular weight is 321 g/mol. The Hall–Kier alpha value is -1.73. The van der Waals surface area contributed by atoms with E-state index in [4.69, 9.17) is 4.74 Å². The minimum atomic E-state index is -0.943. The smallest absolute Gasteiger partial charge is 0.334 e. The molecule has 1 atom stereocenters. The van der Waals surface area contributed by atoms with E-state index in [9.17, 15) is 9.90 Å². The van der Waals surface area contributed by atoms with Crippen LogP contribution < -0.4 is 4.90 Å². The van der Waals surface area contributed by atoms with Crippen LogP contribution in [0.25, 0.3) is 10.2 Å². The van der Waals surface area contributed by atoms with Crippen molar-refractivity contribution in [1.29, 1.82) is 0 Å². The average Bonchev–Trinajstić information content (AvgIpc) is 2.72. The molecule has 0 aliphatic carbocycles. The number of carboxylic acids is 1. The van der Waals surface area contributed by atoms with E-state index in [2.05, 4.69) is 23.8 Å². The Bertz CT molecular complexity index is 741. The molecule has 0 spiro atoms. The summed E-state index contributed by atoms with van der Waals surface area (Å²) in [5.41, 5.74) is 0.615. The van der Waals surface area contributed by atoms with Crippen LogP contribution in [0.4, 0.5) is 5.82 Å². The van der Waals surface area contributed by atoms with Gasteiger partial charge in [0, 0.05) is 11.4 Å². The van der Waals surface area contributed by atoms with Gasteiger partial charge >= 0.3 is 5.97 Å². The fourth-order valence-corrected chi connectivity index (χ4v) is 3.87. The molecule has 118 valence electrons. The fourth-order valence-electron chi connectivity index (χ4n) is 2.88. The minimum absolute atomic E-state index is 0.291. The number of morpholine rings is 1. The van der Waals surface area contributed by atoms with Gasteiger partial charge in [-0.15, -0.1) is 11.3 Å². The number of fused-ring (bicyclic) bond motifs is 1. The molecule has 7 heteroatoms. The first-order chi connectivity index (χ1) is 10.3. The monoisotopic (exact) mass is 321 g/mol. The molecular formula is C15H19N3O3S. The van der Waals surface area contributed by atoms with Crippen molar-refractivity contribution in [2.24, 2.45) is 0 Å². The maximum atomic E-state index is 11.4. The lowest BCUT2D eigenvalue weighted by Crippen LogP contribution is -2.55. The molecule has 1 saturated heterocycles. The predicted molar refractivity (Wildman–Crippen MR) is 85.7 cm³/mol. The first-order valence-electron chi connectivity index (χ1n) is 7.15. The summed E-state index contributed by atoms with van der Waals surface area (Å²) in [4.78, 5) is 24.3. The van der Waals surface area contributed by atoms with Gasteiger partial charge in [-0.1, -0.05) is 0 Å². The zero-order valence-corrected chi connectivity index (χ0v) is 13.9. The Morgan fingerprint density at radius 3 is 2.86 bits per heavy atom. The highest BCUT2D eigenvalue weighted by atomic mass is 32.1. The number of rotatable bonds is 2. The quantitative estimate of drug-likeness (QED) is 0.915. The van der Waals surface area contributed by atoms with Crippen LogP contribution in [0.3, 0.4) is 0 Å². The number of aryl methyl sites for hydroxylation is 2. The fraction of sp³-hybridized carbons (Fsp3) is 0.533. The van der Waals surface area contributed by atoms with Gasteiger partial charge in [0.25, 0.3) is 0 Å². The normalized spacial score (nSPS) is 21.3. The molecule has 1 aliphatic heterocycles. The van der Waals surface area contributed by atoms with Crippen molar-refractivity contribution in [2.75, 3.05) is 18.0 Å². The number of nitrogens with zero attached hydrogens (tertiary/aromatic N) is 3. The number of hydrogen-bond donors (Lipinski definition) is 1. The molecular weight excluding hydrogens is 302 g/mol. The predicted octanol–water partition coefficient (Wildman–Crippen LogP) is 2.38. The van der Waals surface area contributed by atoms with E-state index >= 15 is 0 Å². The van der Waals surface area contributed by atoms with Crippen LogP contribution in [0.15, 0.2) is 6.33 Å². The second-order valence-electron chi connectivity index (χ2n) is 6.25. The lowest BCUT2D eigenvalue weighted by Gasteiger charge is -2.42. The van der Waals surface area contributed by atoms with Crippen molar-refractivity contribution in [1.82, 2.24) is 9.97 Å². The number of thiophene rings is 1. The van der Waals surface area contributed by atoms with Gasteiger partial charge in [0.05, 0.1) is 17.5 Å². The largest absolute Gasteiger partial charge is 0.479 e. The number of carbonyl (C=O) groups is 1.